The molecule has 1 fully saturated rings. The SMILES string of the molecule is Cc1ccc(Cl)c(OC[C@]2(O)CCCN(Cc3ccc(OCCn4ccnc4C)cc3)CC2)c1. The number of benzene rings is 2. The van der Waals surface area contributed by atoms with Gasteiger partial charge in [0.15, 0.2) is 0 Å². The van der Waals surface area contributed by atoms with E-state index < -0.39 is 5.60 Å². The van der Waals surface area contributed by atoms with Crippen LogP contribution in [0.25, 0.3) is 0 Å². The van der Waals surface area contributed by atoms with Gasteiger partial charge in [0.1, 0.15) is 30.5 Å². The number of likely N-dealkylation sites (tertiary alicyclic amines) is 1. The van der Waals surface area contributed by atoms with Gasteiger partial charge in [-0.15, -0.1) is 0 Å². The predicted octanol–water partition coefficient (Wildman–Crippen LogP) is 5.03. The van der Waals surface area contributed by atoms with Crippen LogP contribution in [0.1, 0.15) is 36.2 Å². The van der Waals surface area contributed by atoms with Crippen molar-refractivity contribution in [3.63, 3.8) is 0 Å². The van der Waals surface area contributed by atoms with Crippen LogP contribution in [0.3, 0.4) is 0 Å². The van der Waals surface area contributed by atoms with E-state index in [1.807, 2.05) is 50.4 Å². The number of nitrogens with zero attached hydrogens (tertiary/aromatic N) is 3. The molecule has 6 nitrogen and oxygen atoms in total. The Bertz CT molecular complexity index is 1070. The molecule has 1 aliphatic heterocycles. The van der Waals surface area contributed by atoms with Crippen LogP contribution in [0.4, 0.5) is 0 Å². The molecule has 2 aromatic carbocycles. The first-order valence-electron chi connectivity index (χ1n) is 11.9. The van der Waals surface area contributed by atoms with Gasteiger partial charge in [-0.3, -0.25) is 4.90 Å². The number of hydrogen-bond acceptors (Lipinski definition) is 5. The van der Waals surface area contributed by atoms with Gasteiger partial charge in [-0.25, -0.2) is 4.98 Å². The number of hydrogen-bond donors (Lipinski definition) is 1. The van der Waals surface area contributed by atoms with Crippen molar-refractivity contribution in [2.75, 3.05) is 26.3 Å². The summed E-state index contributed by atoms with van der Waals surface area (Å²) in [6.45, 7) is 8.28. The van der Waals surface area contributed by atoms with Gasteiger partial charge in [-0.05, 0) is 75.0 Å². The van der Waals surface area contributed by atoms with Gasteiger partial charge in [0.2, 0.25) is 0 Å². The molecule has 3 aromatic rings. The van der Waals surface area contributed by atoms with Gasteiger partial charge in [0.25, 0.3) is 0 Å². The van der Waals surface area contributed by atoms with E-state index in [2.05, 4.69) is 26.6 Å². The second-order valence-electron chi connectivity index (χ2n) is 9.24. The second kappa shape index (κ2) is 11.3. The van der Waals surface area contributed by atoms with E-state index >= 15 is 0 Å². The summed E-state index contributed by atoms with van der Waals surface area (Å²) in [6, 6.07) is 14.0. The smallest absolute Gasteiger partial charge is 0.138 e. The fraction of sp³-hybridized carbons (Fsp3) is 0.444. The van der Waals surface area contributed by atoms with Gasteiger partial charge in [-0.2, -0.15) is 0 Å². The molecule has 1 saturated heterocycles. The van der Waals surface area contributed by atoms with Crippen molar-refractivity contribution in [1.82, 2.24) is 14.5 Å². The highest BCUT2D eigenvalue weighted by Crippen LogP contribution is 2.29. The third-order valence-corrected chi connectivity index (χ3v) is 6.76. The van der Waals surface area contributed by atoms with E-state index in [9.17, 15) is 5.11 Å². The van der Waals surface area contributed by atoms with Crippen molar-refractivity contribution in [2.24, 2.45) is 0 Å². The summed E-state index contributed by atoms with van der Waals surface area (Å²) in [4.78, 5) is 6.63. The van der Waals surface area contributed by atoms with E-state index in [-0.39, 0.29) is 6.61 Å². The van der Waals surface area contributed by atoms with Crippen LogP contribution in [0, 0.1) is 13.8 Å². The Morgan fingerprint density at radius 2 is 1.88 bits per heavy atom. The number of rotatable bonds is 9. The highest BCUT2D eigenvalue weighted by Gasteiger charge is 2.31. The first kappa shape index (κ1) is 24.6. The number of aryl methyl sites for hydroxylation is 2. The monoisotopic (exact) mass is 483 g/mol. The third kappa shape index (κ3) is 6.75. The van der Waals surface area contributed by atoms with Crippen molar-refractivity contribution >= 4 is 11.6 Å². The molecule has 34 heavy (non-hydrogen) atoms. The first-order valence-corrected chi connectivity index (χ1v) is 12.3. The Kier molecular flexibility index (Phi) is 8.14. The summed E-state index contributed by atoms with van der Waals surface area (Å²) >= 11 is 6.25. The van der Waals surface area contributed by atoms with Crippen molar-refractivity contribution in [1.29, 1.82) is 0 Å². The highest BCUT2D eigenvalue weighted by molar-refractivity contribution is 6.32. The molecule has 0 amide bonds. The van der Waals surface area contributed by atoms with Crippen LogP contribution in [0.2, 0.25) is 5.02 Å². The minimum atomic E-state index is -0.840. The molecule has 4 rings (SSSR count). The molecule has 1 N–H and O–H groups in total. The van der Waals surface area contributed by atoms with Gasteiger partial charge >= 0.3 is 0 Å². The van der Waals surface area contributed by atoms with Gasteiger partial charge in [0, 0.05) is 25.5 Å². The number of imidazole rings is 1. The molecule has 0 spiro atoms. The normalized spacial score (nSPS) is 19.1. The van der Waals surface area contributed by atoms with Crippen molar-refractivity contribution in [2.45, 2.75) is 51.8 Å². The standard InChI is InChI=1S/C27H34ClN3O3/c1-21-4-9-25(28)26(18-21)34-20-27(32)10-3-13-30(14-11-27)19-23-5-7-24(8-6-23)33-17-16-31-15-12-29-22(31)2/h4-9,12,15,18,32H,3,10-11,13-14,16-17,19-20H2,1-2H3/t27-/m0/s1. The maximum atomic E-state index is 11.1. The van der Waals surface area contributed by atoms with Crippen LogP contribution in [0.15, 0.2) is 54.9 Å². The zero-order valence-corrected chi connectivity index (χ0v) is 20.8. The molecule has 0 unspecified atom stereocenters. The molecule has 0 aliphatic carbocycles. The molecular formula is C27H34ClN3O3. The molecule has 0 saturated carbocycles. The van der Waals surface area contributed by atoms with E-state index in [0.717, 1.165) is 56.2 Å². The number of aromatic nitrogens is 2. The maximum Gasteiger partial charge on any atom is 0.138 e. The molecule has 0 radical (unpaired) electrons. The lowest BCUT2D eigenvalue weighted by Gasteiger charge is -2.27. The van der Waals surface area contributed by atoms with Crippen molar-refractivity contribution in [3.05, 3.63) is 76.8 Å². The Hall–Kier alpha value is -2.54. The van der Waals surface area contributed by atoms with Crippen LogP contribution in [-0.2, 0) is 13.1 Å². The molecule has 1 atom stereocenters. The Morgan fingerprint density at radius 1 is 1.06 bits per heavy atom. The molecule has 0 bridgehead atoms. The summed E-state index contributed by atoms with van der Waals surface area (Å²) in [7, 11) is 0. The lowest BCUT2D eigenvalue weighted by Crippen LogP contribution is -2.37. The Labute approximate surface area is 207 Å². The highest BCUT2D eigenvalue weighted by atomic mass is 35.5. The predicted molar refractivity (Wildman–Crippen MR) is 135 cm³/mol. The zero-order valence-electron chi connectivity index (χ0n) is 20.0. The van der Waals surface area contributed by atoms with E-state index in [1.165, 1.54) is 5.56 Å². The van der Waals surface area contributed by atoms with Crippen LogP contribution in [-0.4, -0.2) is 51.5 Å². The number of aliphatic hydroxyl groups is 1. The molecule has 2 heterocycles. The second-order valence-corrected chi connectivity index (χ2v) is 9.64. The average Bonchev–Trinajstić information content (AvgIpc) is 3.14. The largest absolute Gasteiger partial charge is 0.492 e. The van der Waals surface area contributed by atoms with Crippen LogP contribution < -0.4 is 9.47 Å². The topological polar surface area (TPSA) is 59.8 Å². The van der Waals surface area contributed by atoms with E-state index in [0.29, 0.717) is 23.8 Å². The van der Waals surface area contributed by atoms with Crippen LogP contribution in [0.5, 0.6) is 11.5 Å². The average molecular weight is 484 g/mol. The molecule has 1 aromatic heterocycles. The van der Waals surface area contributed by atoms with Crippen LogP contribution >= 0.6 is 11.6 Å². The summed E-state index contributed by atoms with van der Waals surface area (Å²) in [5.74, 6) is 2.51. The minimum Gasteiger partial charge on any atom is -0.492 e. The maximum absolute atomic E-state index is 11.1. The quantitative estimate of drug-likeness (QED) is 0.462. The van der Waals surface area contributed by atoms with E-state index in [1.54, 1.807) is 6.20 Å². The number of ether oxygens (including phenoxy) is 2. The molecule has 182 valence electrons. The molecule has 1 aliphatic rings. The number of halogens is 1. The fourth-order valence-electron chi connectivity index (χ4n) is 4.32. The van der Waals surface area contributed by atoms with Gasteiger partial charge in [0.05, 0.1) is 17.2 Å². The lowest BCUT2D eigenvalue weighted by molar-refractivity contribution is -0.0168. The summed E-state index contributed by atoms with van der Waals surface area (Å²) in [5.41, 5.74) is 1.49. The Balaban J connectivity index is 1.24. The summed E-state index contributed by atoms with van der Waals surface area (Å²) in [6.07, 6.45) is 6.09. The van der Waals surface area contributed by atoms with E-state index in [4.69, 9.17) is 21.1 Å². The minimum absolute atomic E-state index is 0.259. The lowest BCUT2D eigenvalue weighted by atomic mass is 9.96. The van der Waals surface area contributed by atoms with Crippen molar-refractivity contribution in [3.8, 4) is 11.5 Å². The zero-order chi connectivity index (χ0) is 24.0. The van der Waals surface area contributed by atoms with Gasteiger partial charge in [-0.1, -0.05) is 29.8 Å². The van der Waals surface area contributed by atoms with Gasteiger partial charge < -0.3 is 19.1 Å². The summed E-state index contributed by atoms with van der Waals surface area (Å²) < 4.78 is 13.9. The first-order chi connectivity index (χ1) is 16.4. The third-order valence-electron chi connectivity index (χ3n) is 6.45. The summed E-state index contributed by atoms with van der Waals surface area (Å²) in [5, 5.41) is 11.7. The molecule has 7 heteroatoms. The Morgan fingerprint density at radius 3 is 2.65 bits per heavy atom. The molecular weight excluding hydrogens is 450 g/mol. The van der Waals surface area contributed by atoms with Crippen molar-refractivity contribution < 1.29 is 14.6 Å². The fourth-order valence-corrected chi connectivity index (χ4v) is 4.49.